The zero-order chi connectivity index (χ0) is 70.5. The number of nitrogens with one attached hydrogen (secondary N) is 2. The van der Waals surface area contributed by atoms with Crippen LogP contribution in [0.1, 0.15) is 253 Å². The molecular weight excluding hydrogens is 1250 g/mol. The van der Waals surface area contributed by atoms with Crippen molar-refractivity contribution in [3.8, 4) is 0 Å². The van der Waals surface area contributed by atoms with Crippen LogP contribution < -0.4 is 10.6 Å². The van der Waals surface area contributed by atoms with Crippen LogP contribution >= 0.6 is 0 Å². The van der Waals surface area contributed by atoms with E-state index >= 15 is 0 Å². The van der Waals surface area contributed by atoms with Gasteiger partial charge in [-0.05, 0) is 25.7 Å². The first-order valence-corrected chi connectivity index (χ1v) is 37.2. The number of carbonyl (C=O) groups is 2. The van der Waals surface area contributed by atoms with Gasteiger partial charge in [-0.25, -0.2) is 0 Å². The molecule has 26 nitrogen and oxygen atoms in total. The number of rotatable bonds is 52. The predicted octanol–water partition coefficient (Wildman–Crippen LogP) is 3.95. The summed E-state index contributed by atoms with van der Waals surface area (Å²) in [5.41, 5.74) is 0. The average Bonchev–Trinajstić information content (AvgIpc) is 0.788. The van der Waals surface area contributed by atoms with Crippen molar-refractivity contribution in [1.82, 2.24) is 10.6 Å². The lowest BCUT2D eigenvalue weighted by Crippen LogP contribution is -2.68. The van der Waals surface area contributed by atoms with E-state index in [0.717, 1.165) is 70.6 Å². The second-order valence-corrected chi connectivity index (χ2v) is 28.0. The van der Waals surface area contributed by atoms with E-state index in [0.29, 0.717) is 12.8 Å². The summed E-state index contributed by atoms with van der Waals surface area (Å²) in [5, 5.41) is 159. The minimum Gasteiger partial charge on any atom is -0.394 e. The maximum absolute atomic E-state index is 13.8. The molecule has 0 bridgehead atoms. The fourth-order valence-electron chi connectivity index (χ4n) is 13.2. The van der Waals surface area contributed by atoms with Gasteiger partial charge in [0.15, 0.2) is 25.2 Å². The molecule has 0 aromatic rings. The Labute approximate surface area is 571 Å². The van der Waals surface area contributed by atoms with Crippen molar-refractivity contribution < 1.29 is 119 Å². The summed E-state index contributed by atoms with van der Waals surface area (Å²) in [5.74, 6) is -0.786. The van der Waals surface area contributed by atoms with Gasteiger partial charge in [0.2, 0.25) is 11.8 Å². The van der Waals surface area contributed by atoms with Crippen LogP contribution in [0, 0.1) is 5.92 Å². The highest BCUT2D eigenvalue weighted by Crippen LogP contribution is 2.34. The molecule has 25 atom stereocenters. The van der Waals surface area contributed by atoms with Crippen LogP contribution in [0.4, 0.5) is 0 Å². The van der Waals surface area contributed by atoms with Crippen LogP contribution in [0.3, 0.4) is 0 Å². The molecule has 4 aliphatic rings. The Hall–Kier alpha value is -1.94. The maximum Gasteiger partial charge on any atom is 0.249 e. The SMILES string of the molecule is CCCCCCCCCCCCCCCCCCCCCC[C@@H](O)C(=O)N[C@@H](CO[C@H]1O[C@H](CO)[C@H](O)[C@H](O)[C@H]1O[C@H]1O[C@H](CO[C@@H]2O[C@H](CO)[C@H](O)[C@H](O[C@@H]3O[C@@H](C)[C@H](O)[C@@H](O)[C@H]3O)[C@H]2NC(C)=O)[C@H](O)[C@H](O)[C@H]1O)[C@H](O)[C@H](O)CCCCCCCCCCCCC(C)CC. The van der Waals surface area contributed by atoms with E-state index in [1.165, 1.54) is 142 Å². The normalized spacial score (nSPS) is 32.7. The quantitative estimate of drug-likeness (QED) is 0.0383. The zero-order valence-corrected chi connectivity index (χ0v) is 58.6. The van der Waals surface area contributed by atoms with Crippen LogP contribution in [-0.4, -0.2) is 257 Å². The first kappa shape index (κ1) is 86.5. The number of ether oxygens (including phenoxy) is 8. The highest BCUT2D eigenvalue weighted by molar-refractivity contribution is 5.80. The van der Waals surface area contributed by atoms with Crippen molar-refractivity contribution in [2.75, 3.05) is 26.4 Å². The van der Waals surface area contributed by atoms with Crippen LogP contribution in [-0.2, 0) is 47.5 Å². The van der Waals surface area contributed by atoms with E-state index < -0.39 is 185 Å². The van der Waals surface area contributed by atoms with Gasteiger partial charge in [0.05, 0.1) is 44.7 Å². The third-order valence-corrected chi connectivity index (χ3v) is 19.9. The summed E-state index contributed by atoms with van der Waals surface area (Å²) in [6.07, 6.45) is -0.526. The van der Waals surface area contributed by atoms with Crippen molar-refractivity contribution in [2.45, 2.75) is 400 Å². The number of carbonyl (C=O) groups excluding carboxylic acids is 2. The molecular formula is C70H132N2O24. The van der Waals surface area contributed by atoms with Gasteiger partial charge in [0.1, 0.15) is 104 Å². The number of hydrogen-bond acceptors (Lipinski definition) is 24. The van der Waals surface area contributed by atoms with E-state index in [1.807, 2.05) is 0 Å². The third kappa shape index (κ3) is 30.2. The van der Waals surface area contributed by atoms with Gasteiger partial charge in [-0.3, -0.25) is 9.59 Å². The lowest BCUT2D eigenvalue weighted by atomic mass is 9.95. The number of hydrogen-bond donors (Lipinski definition) is 16. The van der Waals surface area contributed by atoms with E-state index in [9.17, 15) is 81.1 Å². The molecule has 0 spiro atoms. The number of aliphatic hydroxyl groups is 14. The Morgan fingerprint density at radius 2 is 0.865 bits per heavy atom. The Bertz CT molecular complexity index is 1990. The van der Waals surface area contributed by atoms with Gasteiger partial charge >= 0.3 is 0 Å². The first-order chi connectivity index (χ1) is 46.1. The second-order valence-electron chi connectivity index (χ2n) is 28.0. The largest absolute Gasteiger partial charge is 0.394 e. The zero-order valence-electron chi connectivity index (χ0n) is 58.6. The Kier molecular flexibility index (Phi) is 44.0. The van der Waals surface area contributed by atoms with Crippen molar-refractivity contribution >= 4 is 11.8 Å². The molecule has 4 saturated heterocycles. The summed E-state index contributed by atoms with van der Waals surface area (Å²) in [6.45, 7) is 6.11. The molecule has 0 aromatic heterocycles. The molecule has 16 N–H and O–H groups in total. The van der Waals surface area contributed by atoms with E-state index in [-0.39, 0.29) is 12.8 Å². The molecule has 0 saturated carbocycles. The molecule has 2 amide bonds. The van der Waals surface area contributed by atoms with Crippen LogP contribution in [0.15, 0.2) is 0 Å². The van der Waals surface area contributed by atoms with E-state index in [4.69, 9.17) is 37.9 Å². The molecule has 4 aliphatic heterocycles. The molecule has 1 unspecified atom stereocenters. The molecule has 26 heteroatoms. The average molecular weight is 1390 g/mol. The van der Waals surface area contributed by atoms with Crippen LogP contribution in [0.5, 0.6) is 0 Å². The highest BCUT2D eigenvalue weighted by atomic mass is 16.8. The molecule has 0 aliphatic carbocycles. The lowest BCUT2D eigenvalue weighted by molar-refractivity contribution is -0.373. The summed E-state index contributed by atoms with van der Waals surface area (Å²) in [4.78, 5) is 26.4. The monoisotopic (exact) mass is 1380 g/mol. The minimum absolute atomic E-state index is 0.124. The summed E-state index contributed by atoms with van der Waals surface area (Å²) in [7, 11) is 0. The number of unbranched alkanes of at least 4 members (excludes halogenated alkanes) is 28. The predicted molar refractivity (Wildman–Crippen MR) is 355 cm³/mol. The van der Waals surface area contributed by atoms with Gasteiger partial charge in [-0.1, -0.05) is 226 Å². The van der Waals surface area contributed by atoms with Crippen LogP contribution in [0.2, 0.25) is 0 Å². The topological polar surface area (TPSA) is 415 Å². The minimum atomic E-state index is -2.10. The smallest absolute Gasteiger partial charge is 0.249 e. The highest BCUT2D eigenvalue weighted by Gasteiger charge is 2.54. The van der Waals surface area contributed by atoms with E-state index in [2.05, 4.69) is 31.4 Å². The summed E-state index contributed by atoms with van der Waals surface area (Å²) in [6, 6.07) is -2.93. The number of aliphatic hydroxyl groups excluding tert-OH is 14. The van der Waals surface area contributed by atoms with Crippen molar-refractivity contribution in [3.05, 3.63) is 0 Å². The molecule has 96 heavy (non-hydrogen) atoms. The second kappa shape index (κ2) is 48.9. The molecule has 4 heterocycles. The standard InChI is InChI=1S/C70H132N2O24/c1-6-8-9-10-11-12-13-14-15-16-17-18-19-20-21-22-27-30-33-36-39-49(77)66(88)72-47(55(79)48(76)38-35-32-29-26-24-23-25-28-31-34-37-44(3)7-2)42-89-70-65(61(85)56(80)50(40-73)93-70)96-69-63(87)60(84)57(81)52(94-69)43-90-67-53(71-46(5)75)64(58(82)51(41-74)92-67)95-68-62(86)59(83)54(78)45(4)91-68/h44-45,47-65,67-70,73-74,76-87H,6-43H2,1-5H3,(H,71,75)(H,72,88)/t44?,45-,47-,48+,49+,50+,51+,52+,53+,54-,55-,56-,57-,58-,59+,60-,61-,62+,63+,64+,65+,67+,68-,69+,70-/m0/s1. The van der Waals surface area contributed by atoms with Crippen molar-refractivity contribution in [1.29, 1.82) is 0 Å². The van der Waals surface area contributed by atoms with Crippen LogP contribution in [0.25, 0.3) is 0 Å². The third-order valence-electron chi connectivity index (χ3n) is 19.9. The fourth-order valence-corrected chi connectivity index (χ4v) is 13.2. The number of amides is 2. The Morgan fingerprint density at radius 1 is 0.448 bits per heavy atom. The maximum atomic E-state index is 13.8. The molecule has 0 aromatic carbocycles. The van der Waals surface area contributed by atoms with Gasteiger partial charge < -0.3 is 120 Å². The Morgan fingerprint density at radius 3 is 1.35 bits per heavy atom. The summed E-state index contributed by atoms with van der Waals surface area (Å²) < 4.78 is 47.2. The van der Waals surface area contributed by atoms with E-state index in [1.54, 1.807) is 0 Å². The molecule has 566 valence electrons. The first-order valence-electron chi connectivity index (χ1n) is 37.2. The lowest BCUT2D eigenvalue weighted by Gasteiger charge is -2.48. The fraction of sp³-hybridized carbons (Fsp3) is 0.971. The molecule has 0 radical (unpaired) electrons. The Balaban J connectivity index is 1.38. The van der Waals surface area contributed by atoms with Crippen molar-refractivity contribution in [2.24, 2.45) is 5.92 Å². The van der Waals surface area contributed by atoms with Gasteiger partial charge in [-0.15, -0.1) is 0 Å². The van der Waals surface area contributed by atoms with Gasteiger partial charge in [0, 0.05) is 6.92 Å². The van der Waals surface area contributed by atoms with Gasteiger partial charge in [0.25, 0.3) is 0 Å². The summed E-state index contributed by atoms with van der Waals surface area (Å²) >= 11 is 0. The molecule has 4 fully saturated rings. The van der Waals surface area contributed by atoms with Crippen molar-refractivity contribution in [3.63, 3.8) is 0 Å². The molecule has 4 rings (SSSR count). The van der Waals surface area contributed by atoms with Gasteiger partial charge in [-0.2, -0.15) is 0 Å².